The minimum absolute atomic E-state index is 0.363. The zero-order valence-electron chi connectivity index (χ0n) is 14.8. The lowest BCUT2D eigenvalue weighted by atomic mass is 9.91. The topological polar surface area (TPSA) is 3.24 Å². The van der Waals surface area contributed by atoms with E-state index in [-0.39, 0.29) is 0 Å². The highest BCUT2D eigenvalue weighted by atomic mass is 15.2. The fourth-order valence-corrected chi connectivity index (χ4v) is 4.23. The number of para-hydroxylation sites is 1. The van der Waals surface area contributed by atoms with E-state index in [4.69, 9.17) is 0 Å². The van der Waals surface area contributed by atoms with E-state index >= 15 is 0 Å². The number of anilines is 2. The van der Waals surface area contributed by atoms with E-state index in [1.165, 1.54) is 33.6 Å². The molecule has 0 saturated carbocycles. The van der Waals surface area contributed by atoms with Gasteiger partial charge in [-0.3, -0.25) is 0 Å². The Morgan fingerprint density at radius 2 is 1.54 bits per heavy atom. The average molecular weight is 335 g/mol. The quantitative estimate of drug-likeness (QED) is 0.524. The summed E-state index contributed by atoms with van der Waals surface area (Å²) < 4.78 is 0. The van der Waals surface area contributed by atoms with Crippen LogP contribution in [0.25, 0.3) is 11.1 Å². The number of nitrogens with zero attached hydrogens (tertiary/aromatic N) is 1. The Hall–Kier alpha value is -3.06. The maximum atomic E-state index is 2.47. The summed E-state index contributed by atoms with van der Waals surface area (Å²) in [5, 5.41) is 0. The van der Waals surface area contributed by atoms with Crippen molar-refractivity contribution >= 4 is 11.4 Å². The van der Waals surface area contributed by atoms with Gasteiger partial charge in [0.2, 0.25) is 0 Å². The number of hydrogen-bond donors (Lipinski definition) is 0. The molecular weight excluding hydrogens is 314 g/mol. The van der Waals surface area contributed by atoms with Crippen molar-refractivity contribution in [2.45, 2.75) is 18.9 Å². The Bertz CT molecular complexity index is 1010. The molecule has 0 aromatic heterocycles. The van der Waals surface area contributed by atoms with Gasteiger partial charge in [0, 0.05) is 17.3 Å². The fraction of sp³-hybridized carbons (Fsp3) is 0.120. The maximum Gasteiger partial charge on any atom is 0.0629 e. The van der Waals surface area contributed by atoms with Gasteiger partial charge < -0.3 is 4.90 Å². The zero-order valence-corrected chi connectivity index (χ0v) is 14.8. The van der Waals surface area contributed by atoms with Gasteiger partial charge in [-0.15, -0.1) is 0 Å². The summed E-state index contributed by atoms with van der Waals surface area (Å²) in [4.78, 5) is 2.47. The molecule has 0 bridgehead atoms. The van der Waals surface area contributed by atoms with E-state index in [2.05, 4.69) is 109 Å². The lowest BCUT2D eigenvalue weighted by Crippen LogP contribution is -2.28. The van der Waals surface area contributed by atoms with Crippen LogP contribution < -0.4 is 4.90 Å². The third kappa shape index (κ3) is 2.40. The predicted octanol–water partition coefficient (Wildman–Crippen LogP) is 6.39. The summed E-state index contributed by atoms with van der Waals surface area (Å²) >= 11 is 0. The van der Waals surface area contributed by atoms with Crippen molar-refractivity contribution in [3.63, 3.8) is 0 Å². The second-order valence-corrected chi connectivity index (χ2v) is 7.13. The summed E-state index contributed by atoms with van der Waals surface area (Å²) in [6, 6.07) is 26.8. The van der Waals surface area contributed by atoms with Gasteiger partial charge in [0.15, 0.2) is 0 Å². The van der Waals surface area contributed by atoms with Crippen LogP contribution in [-0.2, 0) is 0 Å². The molecular formula is C25H21N. The van der Waals surface area contributed by atoms with Crippen LogP contribution in [-0.4, -0.2) is 6.04 Å². The molecule has 2 unspecified atom stereocenters. The number of allylic oxidation sites excluding steroid dienone is 2. The van der Waals surface area contributed by atoms with Crippen LogP contribution in [0.2, 0.25) is 0 Å². The Balaban J connectivity index is 1.55. The van der Waals surface area contributed by atoms with Gasteiger partial charge >= 0.3 is 0 Å². The van der Waals surface area contributed by atoms with Crippen LogP contribution >= 0.6 is 0 Å². The molecule has 1 heteroatoms. The molecule has 3 aromatic rings. The van der Waals surface area contributed by atoms with Crippen molar-refractivity contribution in [3.05, 3.63) is 108 Å². The molecule has 0 saturated heterocycles. The summed E-state index contributed by atoms with van der Waals surface area (Å²) in [5.41, 5.74) is 7.82. The highest BCUT2D eigenvalue weighted by Gasteiger charge is 2.36. The number of rotatable bonds is 2. The van der Waals surface area contributed by atoms with Crippen molar-refractivity contribution in [3.8, 4) is 11.1 Å². The highest BCUT2D eigenvalue weighted by molar-refractivity contribution is 5.77. The van der Waals surface area contributed by atoms with Crippen LogP contribution in [0.15, 0.2) is 97.1 Å². The molecule has 2 aliphatic rings. The van der Waals surface area contributed by atoms with Crippen molar-refractivity contribution < 1.29 is 0 Å². The van der Waals surface area contributed by atoms with E-state index in [0.29, 0.717) is 12.0 Å². The number of benzene rings is 3. The molecule has 26 heavy (non-hydrogen) atoms. The van der Waals surface area contributed by atoms with Crippen molar-refractivity contribution in [2.24, 2.45) is 0 Å². The lowest BCUT2D eigenvalue weighted by Gasteiger charge is -2.28. The molecule has 126 valence electrons. The summed E-state index contributed by atoms with van der Waals surface area (Å²) in [6.07, 6.45) is 8.98. The van der Waals surface area contributed by atoms with E-state index in [0.717, 1.165) is 0 Å². The summed E-state index contributed by atoms with van der Waals surface area (Å²) in [6.45, 7) is 2.14. The van der Waals surface area contributed by atoms with Gasteiger partial charge in [-0.25, -0.2) is 0 Å². The third-order valence-electron chi connectivity index (χ3n) is 5.46. The summed E-state index contributed by atoms with van der Waals surface area (Å²) in [5.74, 6) is 0.438. The van der Waals surface area contributed by atoms with Gasteiger partial charge in [-0.05, 0) is 41.8 Å². The second kappa shape index (κ2) is 6.03. The molecule has 3 aromatic carbocycles. The third-order valence-corrected chi connectivity index (χ3v) is 5.46. The molecule has 0 radical (unpaired) electrons. The van der Waals surface area contributed by atoms with Crippen LogP contribution in [0.3, 0.4) is 0 Å². The second-order valence-electron chi connectivity index (χ2n) is 7.13. The van der Waals surface area contributed by atoms with Crippen LogP contribution in [0.5, 0.6) is 0 Å². The first-order valence-corrected chi connectivity index (χ1v) is 9.21. The van der Waals surface area contributed by atoms with Crippen molar-refractivity contribution in [2.75, 3.05) is 4.90 Å². The first kappa shape index (κ1) is 15.2. The van der Waals surface area contributed by atoms with Gasteiger partial charge in [0.05, 0.1) is 6.04 Å². The lowest BCUT2D eigenvalue weighted by molar-refractivity contribution is 0.745. The van der Waals surface area contributed by atoms with E-state index in [9.17, 15) is 0 Å². The minimum atomic E-state index is 0.363. The molecule has 1 aliphatic heterocycles. The maximum absolute atomic E-state index is 2.47. The number of aryl methyl sites for hydroxylation is 1. The van der Waals surface area contributed by atoms with Crippen molar-refractivity contribution in [1.82, 2.24) is 0 Å². The SMILES string of the molecule is Cc1cccc(-c2ccc(N3c4ccccc4C4C=CC=CC43)cc2)c1. The Labute approximate surface area is 154 Å². The molecule has 5 rings (SSSR count). The number of hydrogen-bond acceptors (Lipinski definition) is 1. The monoisotopic (exact) mass is 335 g/mol. The first-order chi connectivity index (χ1) is 12.8. The Morgan fingerprint density at radius 3 is 2.38 bits per heavy atom. The van der Waals surface area contributed by atoms with E-state index < -0.39 is 0 Å². The molecule has 0 N–H and O–H groups in total. The molecule has 0 amide bonds. The van der Waals surface area contributed by atoms with Gasteiger partial charge in [0.1, 0.15) is 0 Å². The van der Waals surface area contributed by atoms with Crippen LogP contribution in [0, 0.1) is 6.92 Å². The van der Waals surface area contributed by atoms with Crippen LogP contribution in [0.1, 0.15) is 17.0 Å². The Kier molecular flexibility index (Phi) is 3.53. The zero-order chi connectivity index (χ0) is 17.5. The normalized spacial score (nSPS) is 20.1. The standard InChI is InChI=1S/C25H21N/c1-18-7-6-8-20(17-18)19-13-15-21(16-14-19)26-24-11-4-2-9-22(24)23-10-3-5-12-25(23)26/h2-17,22,24H,1H3. The minimum Gasteiger partial charge on any atom is -0.333 e. The van der Waals surface area contributed by atoms with E-state index in [1.54, 1.807) is 0 Å². The van der Waals surface area contributed by atoms with Crippen LogP contribution in [0.4, 0.5) is 11.4 Å². The molecule has 1 nitrogen and oxygen atoms in total. The molecule has 0 fully saturated rings. The highest BCUT2D eigenvalue weighted by Crippen LogP contribution is 2.47. The molecule has 0 spiro atoms. The number of fused-ring (bicyclic) bond motifs is 3. The predicted molar refractivity (Wildman–Crippen MR) is 110 cm³/mol. The largest absolute Gasteiger partial charge is 0.333 e. The molecule has 2 atom stereocenters. The van der Waals surface area contributed by atoms with Crippen molar-refractivity contribution in [1.29, 1.82) is 0 Å². The molecule has 1 aliphatic carbocycles. The average Bonchev–Trinajstić information content (AvgIpc) is 3.03. The Morgan fingerprint density at radius 1 is 0.731 bits per heavy atom. The van der Waals surface area contributed by atoms with Gasteiger partial charge in [0.25, 0.3) is 0 Å². The van der Waals surface area contributed by atoms with Gasteiger partial charge in [-0.2, -0.15) is 0 Å². The van der Waals surface area contributed by atoms with E-state index in [1.807, 2.05) is 0 Å². The molecule has 1 heterocycles. The fourth-order valence-electron chi connectivity index (χ4n) is 4.23. The first-order valence-electron chi connectivity index (χ1n) is 9.21. The summed E-state index contributed by atoms with van der Waals surface area (Å²) in [7, 11) is 0. The van der Waals surface area contributed by atoms with Gasteiger partial charge in [-0.1, -0.05) is 84.5 Å². The smallest absolute Gasteiger partial charge is 0.0629 e.